The predicted molar refractivity (Wildman–Crippen MR) is 66.2 cm³/mol. The van der Waals surface area contributed by atoms with E-state index in [9.17, 15) is 0 Å². The summed E-state index contributed by atoms with van der Waals surface area (Å²) in [5, 5.41) is 2.94. The molecule has 16 heavy (non-hydrogen) atoms. The van der Waals surface area contributed by atoms with Crippen molar-refractivity contribution in [3.05, 3.63) is 28.8 Å². The van der Waals surface area contributed by atoms with E-state index in [-0.39, 0.29) is 11.5 Å². The Kier molecular flexibility index (Phi) is 2.86. The maximum Gasteiger partial charge on any atom is 0.153 e. The third kappa shape index (κ3) is 2.18. The second-order valence-electron chi connectivity index (χ2n) is 4.89. The lowest BCUT2D eigenvalue weighted by Gasteiger charge is -2.24. The molecule has 86 valence electrons. The molecule has 2 N–H and O–H groups in total. The van der Waals surface area contributed by atoms with Gasteiger partial charge in [0.05, 0.1) is 12.3 Å². The minimum atomic E-state index is -0.0405. The van der Waals surface area contributed by atoms with Gasteiger partial charge in [-0.25, -0.2) is 4.98 Å². The van der Waals surface area contributed by atoms with Gasteiger partial charge in [0.25, 0.3) is 0 Å². The zero-order valence-electron chi connectivity index (χ0n) is 9.73. The van der Waals surface area contributed by atoms with Crippen molar-refractivity contribution in [2.45, 2.75) is 26.8 Å². The number of nitrogens with two attached hydrogens (primary N) is 1. The second-order valence-corrected chi connectivity index (χ2v) is 5.78. The molecule has 1 atom stereocenters. The zero-order valence-corrected chi connectivity index (χ0v) is 10.5. The summed E-state index contributed by atoms with van der Waals surface area (Å²) in [5.74, 6) is 0.795. The average molecular weight is 236 g/mol. The van der Waals surface area contributed by atoms with Crippen molar-refractivity contribution in [2.24, 2.45) is 11.1 Å². The Morgan fingerprint density at radius 2 is 2.19 bits per heavy atom. The lowest BCUT2D eigenvalue weighted by molar-refractivity contribution is 0.326. The van der Waals surface area contributed by atoms with E-state index in [2.05, 4.69) is 25.8 Å². The number of thiazole rings is 1. The number of nitrogens with zero attached hydrogens (tertiary/aromatic N) is 1. The van der Waals surface area contributed by atoms with Crippen LogP contribution in [-0.4, -0.2) is 4.98 Å². The average Bonchev–Trinajstić information content (AvgIpc) is 2.85. The van der Waals surface area contributed by atoms with Crippen molar-refractivity contribution in [2.75, 3.05) is 0 Å². The second kappa shape index (κ2) is 4.03. The summed E-state index contributed by atoms with van der Waals surface area (Å²) >= 11 is 1.59. The highest BCUT2D eigenvalue weighted by molar-refractivity contribution is 7.10. The summed E-state index contributed by atoms with van der Waals surface area (Å²) in [6.07, 6.45) is 1.65. The fourth-order valence-corrected chi connectivity index (χ4v) is 2.39. The van der Waals surface area contributed by atoms with E-state index in [0.29, 0.717) is 0 Å². The summed E-state index contributed by atoms with van der Waals surface area (Å²) in [5.41, 5.74) is 7.05. The van der Waals surface area contributed by atoms with Gasteiger partial charge >= 0.3 is 0 Å². The molecule has 0 amide bonds. The van der Waals surface area contributed by atoms with Crippen LogP contribution in [0.25, 0.3) is 11.5 Å². The minimum Gasteiger partial charge on any atom is -0.463 e. The van der Waals surface area contributed by atoms with E-state index < -0.39 is 0 Å². The van der Waals surface area contributed by atoms with E-state index in [4.69, 9.17) is 10.2 Å². The Labute approximate surface area is 99.3 Å². The fourth-order valence-electron chi connectivity index (χ4n) is 1.34. The SMILES string of the molecule is CC(C)(C)C(N)c1nc(-c2ccco2)cs1. The van der Waals surface area contributed by atoms with Gasteiger partial charge in [-0.15, -0.1) is 11.3 Å². The first-order chi connectivity index (χ1) is 7.48. The van der Waals surface area contributed by atoms with Crippen molar-refractivity contribution < 1.29 is 4.42 Å². The number of aromatic nitrogens is 1. The molecule has 0 saturated carbocycles. The van der Waals surface area contributed by atoms with Crippen molar-refractivity contribution >= 4 is 11.3 Å². The molecule has 0 fully saturated rings. The van der Waals surface area contributed by atoms with Crippen molar-refractivity contribution in [1.29, 1.82) is 0 Å². The number of rotatable bonds is 2. The molecule has 2 aromatic heterocycles. The highest BCUT2D eigenvalue weighted by Crippen LogP contribution is 2.34. The largest absolute Gasteiger partial charge is 0.463 e. The monoisotopic (exact) mass is 236 g/mol. The molecule has 2 aromatic rings. The van der Waals surface area contributed by atoms with Crippen LogP contribution in [0.2, 0.25) is 0 Å². The van der Waals surface area contributed by atoms with Gasteiger partial charge in [-0.05, 0) is 17.5 Å². The topological polar surface area (TPSA) is 52.0 Å². The quantitative estimate of drug-likeness (QED) is 0.868. The van der Waals surface area contributed by atoms with Crippen LogP contribution < -0.4 is 5.73 Å². The van der Waals surface area contributed by atoms with Crippen LogP contribution in [0.4, 0.5) is 0 Å². The van der Waals surface area contributed by atoms with Gasteiger partial charge < -0.3 is 10.2 Å². The van der Waals surface area contributed by atoms with Crippen LogP contribution in [0.15, 0.2) is 28.2 Å². The van der Waals surface area contributed by atoms with E-state index in [1.54, 1.807) is 17.6 Å². The lowest BCUT2D eigenvalue weighted by atomic mass is 9.88. The van der Waals surface area contributed by atoms with Crippen LogP contribution in [0.1, 0.15) is 31.8 Å². The minimum absolute atomic E-state index is 0.0261. The van der Waals surface area contributed by atoms with Crippen molar-refractivity contribution in [3.8, 4) is 11.5 Å². The van der Waals surface area contributed by atoms with Crippen LogP contribution in [-0.2, 0) is 0 Å². The first-order valence-electron chi connectivity index (χ1n) is 5.23. The fraction of sp³-hybridized carbons (Fsp3) is 0.417. The van der Waals surface area contributed by atoms with Gasteiger partial charge in [-0.2, -0.15) is 0 Å². The molecular formula is C12H16N2OS. The third-order valence-corrected chi connectivity index (χ3v) is 3.42. The predicted octanol–water partition coefficient (Wildman–Crippen LogP) is 3.45. The van der Waals surface area contributed by atoms with Gasteiger partial charge in [0, 0.05) is 5.38 Å². The van der Waals surface area contributed by atoms with Gasteiger partial charge in [-0.3, -0.25) is 0 Å². The molecule has 4 heteroatoms. The molecule has 0 aliphatic heterocycles. The molecule has 0 bridgehead atoms. The summed E-state index contributed by atoms with van der Waals surface area (Å²) < 4.78 is 5.30. The summed E-state index contributed by atoms with van der Waals surface area (Å²) in [6.45, 7) is 6.35. The maximum atomic E-state index is 6.16. The molecule has 0 aliphatic carbocycles. The smallest absolute Gasteiger partial charge is 0.153 e. The Bertz CT molecular complexity index is 454. The van der Waals surface area contributed by atoms with Crippen LogP contribution >= 0.6 is 11.3 Å². The van der Waals surface area contributed by atoms with E-state index in [1.807, 2.05) is 17.5 Å². The number of furan rings is 1. The molecule has 0 radical (unpaired) electrons. The van der Waals surface area contributed by atoms with Gasteiger partial charge in [-0.1, -0.05) is 20.8 Å². The van der Waals surface area contributed by atoms with Crippen LogP contribution in [0.5, 0.6) is 0 Å². The Morgan fingerprint density at radius 3 is 2.75 bits per heavy atom. The molecule has 2 rings (SSSR count). The normalized spacial score (nSPS) is 14.0. The molecular weight excluding hydrogens is 220 g/mol. The number of hydrogen-bond acceptors (Lipinski definition) is 4. The Hall–Kier alpha value is -1.13. The molecule has 0 spiro atoms. The summed E-state index contributed by atoms with van der Waals surface area (Å²) in [7, 11) is 0. The van der Waals surface area contributed by atoms with E-state index in [0.717, 1.165) is 16.5 Å². The molecule has 3 nitrogen and oxygen atoms in total. The molecule has 0 aromatic carbocycles. The standard InChI is InChI=1S/C12H16N2OS/c1-12(2,3)10(13)11-14-8(7-16-11)9-5-4-6-15-9/h4-7,10H,13H2,1-3H3. The number of hydrogen-bond donors (Lipinski definition) is 1. The van der Waals surface area contributed by atoms with Crippen LogP contribution in [0, 0.1) is 5.41 Å². The Morgan fingerprint density at radius 1 is 1.44 bits per heavy atom. The van der Waals surface area contributed by atoms with Crippen molar-refractivity contribution in [3.63, 3.8) is 0 Å². The third-order valence-electron chi connectivity index (χ3n) is 2.49. The molecule has 2 heterocycles. The first kappa shape index (κ1) is 11.4. The van der Waals surface area contributed by atoms with Gasteiger partial charge in [0.2, 0.25) is 0 Å². The highest BCUT2D eigenvalue weighted by atomic mass is 32.1. The van der Waals surface area contributed by atoms with Crippen LogP contribution in [0.3, 0.4) is 0 Å². The van der Waals surface area contributed by atoms with Gasteiger partial charge in [0.1, 0.15) is 10.7 Å². The van der Waals surface area contributed by atoms with Gasteiger partial charge in [0.15, 0.2) is 5.76 Å². The molecule has 1 unspecified atom stereocenters. The maximum absolute atomic E-state index is 6.16. The molecule has 0 aliphatic rings. The summed E-state index contributed by atoms with van der Waals surface area (Å²) in [4.78, 5) is 4.52. The highest BCUT2D eigenvalue weighted by Gasteiger charge is 2.25. The lowest BCUT2D eigenvalue weighted by Crippen LogP contribution is -2.26. The zero-order chi connectivity index (χ0) is 11.8. The van der Waals surface area contributed by atoms with E-state index >= 15 is 0 Å². The molecule has 0 saturated heterocycles. The Balaban J connectivity index is 2.27. The van der Waals surface area contributed by atoms with E-state index in [1.165, 1.54) is 0 Å². The summed E-state index contributed by atoms with van der Waals surface area (Å²) in [6, 6.07) is 3.72. The van der Waals surface area contributed by atoms with Crippen molar-refractivity contribution in [1.82, 2.24) is 4.98 Å². The first-order valence-corrected chi connectivity index (χ1v) is 6.11.